The van der Waals surface area contributed by atoms with E-state index >= 15 is 0 Å². The number of primary sulfonamides is 1. The standard InChI is InChI=1S/C6H14N2O2S/c7-6-2-1-5(3-6)4-11(8,9)10/h5-6H,1-4,7H2,(H2,8,9,10)/t5-,6+/m0/s1. The SMILES string of the molecule is N[C@@H]1CC[C@H](CS(N)(=O)=O)C1. The van der Waals surface area contributed by atoms with Crippen molar-refractivity contribution in [3.8, 4) is 0 Å². The van der Waals surface area contributed by atoms with Crippen molar-refractivity contribution in [2.75, 3.05) is 5.75 Å². The quantitative estimate of drug-likeness (QED) is 0.592. The summed E-state index contributed by atoms with van der Waals surface area (Å²) in [4.78, 5) is 0. The van der Waals surface area contributed by atoms with Gasteiger partial charge in [-0.15, -0.1) is 0 Å². The average Bonchev–Trinajstić information content (AvgIpc) is 2.10. The first-order valence-electron chi connectivity index (χ1n) is 3.73. The maximum absolute atomic E-state index is 10.6. The number of sulfonamides is 1. The zero-order chi connectivity index (χ0) is 8.48. The van der Waals surface area contributed by atoms with E-state index < -0.39 is 10.0 Å². The highest BCUT2D eigenvalue weighted by molar-refractivity contribution is 7.89. The molecule has 1 fully saturated rings. The third-order valence-electron chi connectivity index (χ3n) is 2.05. The summed E-state index contributed by atoms with van der Waals surface area (Å²) in [5, 5.41) is 4.89. The molecule has 1 rings (SSSR count). The molecule has 0 bridgehead atoms. The summed E-state index contributed by atoms with van der Waals surface area (Å²) >= 11 is 0. The molecule has 66 valence electrons. The maximum Gasteiger partial charge on any atom is 0.209 e. The highest BCUT2D eigenvalue weighted by Crippen LogP contribution is 2.24. The predicted octanol–water partition coefficient (Wildman–Crippen LogP) is -0.598. The molecule has 0 unspecified atom stereocenters. The largest absolute Gasteiger partial charge is 0.328 e. The molecule has 0 amide bonds. The van der Waals surface area contributed by atoms with Crippen molar-refractivity contribution in [2.24, 2.45) is 16.8 Å². The average molecular weight is 178 g/mol. The molecule has 0 saturated heterocycles. The van der Waals surface area contributed by atoms with E-state index in [0.29, 0.717) is 0 Å². The molecule has 4 N–H and O–H groups in total. The van der Waals surface area contributed by atoms with Crippen molar-refractivity contribution in [3.63, 3.8) is 0 Å². The van der Waals surface area contributed by atoms with Crippen molar-refractivity contribution in [1.82, 2.24) is 0 Å². The van der Waals surface area contributed by atoms with Crippen LogP contribution in [0, 0.1) is 5.92 Å². The molecule has 5 heteroatoms. The third kappa shape index (κ3) is 3.18. The molecule has 11 heavy (non-hydrogen) atoms. The second-order valence-electron chi connectivity index (χ2n) is 3.27. The summed E-state index contributed by atoms with van der Waals surface area (Å²) in [6.07, 6.45) is 2.63. The van der Waals surface area contributed by atoms with Crippen molar-refractivity contribution < 1.29 is 8.42 Å². The van der Waals surface area contributed by atoms with Crippen LogP contribution in [0.25, 0.3) is 0 Å². The summed E-state index contributed by atoms with van der Waals surface area (Å²) < 4.78 is 21.3. The summed E-state index contributed by atoms with van der Waals surface area (Å²) in [5.74, 6) is 0.292. The lowest BCUT2D eigenvalue weighted by Gasteiger charge is -2.05. The van der Waals surface area contributed by atoms with Crippen LogP contribution in [0.5, 0.6) is 0 Å². The van der Waals surface area contributed by atoms with Gasteiger partial charge < -0.3 is 5.73 Å². The molecule has 1 saturated carbocycles. The Hall–Kier alpha value is -0.130. The van der Waals surface area contributed by atoms with E-state index in [2.05, 4.69) is 0 Å². The molecule has 0 radical (unpaired) electrons. The minimum absolute atomic E-state index is 0.0979. The van der Waals surface area contributed by atoms with E-state index in [1.807, 2.05) is 0 Å². The molecule has 1 aliphatic carbocycles. The van der Waals surface area contributed by atoms with E-state index in [1.165, 1.54) is 0 Å². The summed E-state index contributed by atoms with van der Waals surface area (Å²) in [7, 11) is -3.29. The third-order valence-corrected chi connectivity index (χ3v) is 2.99. The first-order valence-corrected chi connectivity index (χ1v) is 5.45. The van der Waals surface area contributed by atoms with Gasteiger partial charge in [0.15, 0.2) is 0 Å². The second kappa shape index (κ2) is 3.08. The summed E-state index contributed by atoms with van der Waals surface area (Å²) in [6.45, 7) is 0. The van der Waals surface area contributed by atoms with Crippen LogP contribution < -0.4 is 10.9 Å². The van der Waals surface area contributed by atoms with Gasteiger partial charge in [0.05, 0.1) is 5.75 Å². The monoisotopic (exact) mass is 178 g/mol. The van der Waals surface area contributed by atoms with Crippen LogP contribution in [-0.4, -0.2) is 20.2 Å². The minimum atomic E-state index is -3.29. The summed E-state index contributed by atoms with van der Waals surface area (Å²) in [5.41, 5.74) is 5.61. The Kier molecular flexibility index (Phi) is 2.51. The second-order valence-corrected chi connectivity index (χ2v) is 4.93. The van der Waals surface area contributed by atoms with Gasteiger partial charge in [-0.1, -0.05) is 0 Å². The van der Waals surface area contributed by atoms with Crippen LogP contribution in [0.3, 0.4) is 0 Å². The lowest BCUT2D eigenvalue weighted by Crippen LogP contribution is -2.23. The van der Waals surface area contributed by atoms with Gasteiger partial charge in [0.25, 0.3) is 0 Å². The Morgan fingerprint density at radius 3 is 2.36 bits per heavy atom. The maximum atomic E-state index is 10.6. The fourth-order valence-corrected chi connectivity index (χ4v) is 2.55. The van der Waals surface area contributed by atoms with Gasteiger partial charge in [0.1, 0.15) is 0 Å². The van der Waals surface area contributed by atoms with E-state index in [0.717, 1.165) is 19.3 Å². The Labute approximate surface area is 67.0 Å². The lowest BCUT2D eigenvalue weighted by atomic mass is 10.1. The Balaban J connectivity index is 2.41. The van der Waals surface area contributed by atoms with Crippen molar-refractivity contribution in [3.05, 3.63) is 0 Å². The minimum Gasteiger partial charge on any atom is -0.328 e. The molecule has 0 aromatic rings. The van der Waals surface area contributed by atoms with Crippen molar-refractivity contribution in [1.29, 1.82) is 0 Å². The number of hydrogen-bond donors (Lipinski definition) is 2. The molecule has 1 aliphatic rings. The zero-order valence-electron chi connectivity index (χ0n) is 6.36. The highest BCUT2D eigenvalue weighted by Gasteiger charge is 2.24. The zero-order valence-corrected chi connectivity index (χ0v) is 7.18. The number of hydrogen-bond acceptors (Lipinski definition) is 3. The van der Waals surface area contributed by atoms with Crippen LogP contribution in [0.4, 0.5) is 0 Å². The van der Waals surface area contributed by atoms with E-state index in [4.69, 9.17) is 10.9 Å². The van der Waals surface area contributed by atoms with Crippen LogP contribution >= 0.6 is 0 Å². The smallest absolute Gasteiger partial charge is 0.209 e. The first-order chi connectivity index (χ1) is 4.97. The number of nitrogens with two attached hydrogens (primary N) is 2. The molecule has 0 aromatic heterocycles. The molecule has 0 heterocycles. The topological polar surface area (TPSA) is 86.2 Å². The number of rotatable bonds is 2. The van der Waals surface area contributed by atoms with Gasteiger partial charge in [0, 0.05) is 6.04 Å². The first kappa shape index (κ1) is 8.96. The lowest BCUT2D eigenvalue weighted by molar-refractivity contribution is 0.554. The van der Waals surface area contributed by atoms with Crippen LogP contribution in [0.2, 0.25) is 0 Å². The van der Waals surface area contributed by atoms with Gasteiger partial charge >= 0.3 is 0 Å². The van der Waals surface area contributed by atoms with E-state index in [9.17, 15) is 8.42 Å². The van der Waals surface area contributed by atoms with Gasteiger partial charge in [-0.2, -0.15) is 0 Å². The van der Waals surface area contributed by atoms with Crippen molar-refractivity contribution >= 4 is 10.0 Å². The molecule has 4 nitrogen and oxygen atoms in total. The molecule has 0 aromatic carbocycles. The van der Waals surface area contributed by atoms with Gasteiger partial charge in [0.2, 0.25) is 10.0 Å². The van der Waals surface area contributed by atoms with Gasteiger partial charge in [-0.3, -0.25) is 0 Å². The van der Waals surface area contributed by atoms with Gasteiger partial charge in [-0.05, 0) is 25.2 Å². The molecular weight excluding hydrogens is 164 g/mol. The van der Waals surface area contributed by atoms with E-state index in [-0.39, 0.29) is 17.7 Å². The Bertz CT molecular complexity index is 225. The molecule has 0 aliphatic heterocycles. The Morgan fingerprint density at radius 2 is 2.00 bits per heavy atom. The fourth-order valence-electron chi connectivity index (χ4n) is 1.59. The van der Waals surface area contributed by atoms with Crippen LogP contribution in [-0.2, 0) is 10.0 Å². The highest BCUT2D eigenvalue weighted by atomic mass is 32.2. The van der Waals surface area contributed by atoms with Crippen LogP contribution in [0.15, 0.2) is 0 Å². The normalized spacial score (nSPS) is 32.5. The summed E-state index contributed by atoms with van der Waals surface area (Å²) in [6, 6.07) is 0.182. The van der Waals surface area contributed by atoms with Gasteiger partial charge in [-0.25, -0.2) is 13.6 Å². The Morgan fingerprint density at radius 1 is 1.36 bits per heavy atom. The molecule has 2 atom stereocenters. The van der Waals surface area contributed by atoms with E-state index in [1.54, 1.807) is 0 Å². The van der Waals surface area contributed by atoms with Crippen LogP contribution in [0.1, 0.15) is 19.3 Å². The van der Waals surface area contributed by atoms with Crippen molar-refractivity contribution in [2.45, 2.75) is 25.3 Å². The molecule has 0 spiro atoms. The predicted molar refractivity (Wildman–Crippen MR) is 43.3 cm³/mol. The molecular formula is C6H14N2O2S. The fraction of sp³-hybridized carbons (Fsp3) is 1.00.